The van der Waals surface area contributed by atoms with Gasteiger partial charge in [-0.15, -0.1) is 0 Å². The molecule has 1 fully saturated rings. The van der Waals surface area contributed by atoms with Gasteiger partial charge < -0.3 is 4.74 Å². The van der Waals surface area contributed by atoms with Crippen molar-refractivity contribution in [3.63, 3.8) is 0 Å². The van der Waals surface area contributed by atoms with Crippen LogP contribution in [0, 0.1) is 13.8 Å². The fourth-order valence-electron chi connectivity index (χ4n) is 2.89. The number of hydrogen-bond donors (Lipinski definition) is 0. The minimum Gasteiger partial charge on any atom is -0.456 e. The molecule has 0 aliphatic heterocycles. The van der Waals surface area contributed by atoms with E-state index in [0.29, 0.717) is 19.4 Å². The van der Waals surface area contributed by atoms with Crippen LogP contribution in [0.3, 0.4) is 0 Å². The van der Waals surface area contributed by atoms with Gasteiger partial charge in [0.25, 0.3) is 0 Å². The number of para-hydroxylation sites is 1. The zero-order valence-electron chi connectivity index (χ0n) is 13.6. The van der Waals surface area contributed by atoms with Gasteiger partial charge in [0.05, 0.1) is 16.5 Å². The lowest BCUT2D eigenvalue weighted by Crippen LogP contribution is -2.12. The lowest BCUT2D eigenvalue weighted by Gasteiger charge is -2.12. The monoisotopic (exact) mass is 388 g/mol. The Bertz CT molecular complexity index is 910. The molecule has 0 N–H and O–H groups in total. The quantitative estimate of drug-likeness (QED) is 0.572. The maximum Gasteiger partial charge on any atom is 0.142 e. The fraction of sp³-hybridized carbons (Fsp3) is 0.316. The van der Waals surface area contributed by atoms with Gasteiger partial charge in [-0.1, -0.05) is 18.2 Å². The number of alkyl halides is 1. The summed E-state index contributed by atoms with van der Waals surface area (Å²) in [5.74, 6) is 1.60. The largest absolute Gasteiger partial charge is 0.456 e. The van der Waals surface area contributed by atoms with Crippen LogP contribution >= 0.6 is 15.9 Å². The topological polar surface area (TPSA) is 27.1 Å². The van der Waals surface area contributed by atoms with Crippen LogP contribution in [0.15, 0.2) is 41.0 Å². The first kappa shape index (κ1) is 15.6. The molecule has 2 aromatic carbocycles. The van der Waals surface area contributed by atoms with Crippen LogP contribution in [0.1, 0.15) is 24.0 Å². The van der Waals surface area contributed by atoms with Crippen LogP contribution in [0.2, 0.25) is 0 Å². The van der Waals surface area contributed by atoms with Gasteiger partial charge in [0, 0.05) is 11.6 Å². The molecule has 0 amide bonds. The van der Waals surface area contributed by atoms with Crippen LogP contribution in [0.4, 0.5) is 4.39 Å². The van der Waals surface area contributed by atoms with Gasteiger partial charge in [-0.2, -0.15) is 5.10 Å². The number of aryl methyl sites for hydroxylation is 2. The van der Waals surface area contributed by atoms with Gasteiger partial charge in [-0.3, -0.25) is 4.68 Å². The molecule has 1 saturated carbocycles. The van der Waals surface area contributed by atoms with Crippen molar-refractivity contribution in [2.75, 3.05) is 0 Å². The molecule has 4 rings (SSSR count). The number of aromatic nitrogens is 2. The van der Waals surface area contributed by atoms with E-state index in [1.165, 1.54) is 0 Å². The van der Waals surface area contributed by atoms with Crippen LogP contribution in [-0.4, -0.2) is 15.4 Å². The smallest absolute Gasteiger partial charge is 0.142 e. The van der Waals surface area contributed by atoms with E-state index in [-0.39, 0.29) is 0 Å². The van der Waals surface area contributed by atoms with E-state index in [1.54, 1.807) is 4.68 Å². The Labute approximate surface area is 148 Å². The molecular formula is C19H18BrFN2O. The molecule has 1 heterocycles. The lowest BCUT2D eigenvalue weighted by molar-refractivity contribution is 0.262. The summed E-state index contributed by atoms with van der Waals surface area (Å²) in [6.07, 6.45) is 3.15. The molecule has 0 saturated heterocycles. The van der Waals surface area contributed by atoms with Crippen LogP contribution in [0.25, 0.3) is 10.9 Å². The number of benzene rings is 2. The van der Waals surface area contributed by atoms with Gasteiger partial charge in [0.2, 0.25) is 0 Å². The van der Waals surface area contributed by atoms with E-state index in [2.05, 4.69) is 21.0 Å². The summed E-state index contributed by atoms with van der Waals surface area (Å²) in [6, 6.07) is 9.95. The molecule has 0 unspecified atom stereocenters. The normalized spacial score (nSPS) is 15.7. The van der Waals surface area contributed by atoms with Crippen LogP contribution in [-0.2, 0) is 6.54 Å². The molecule has 0 atom stereocenters. The van der Waals surface area contributed by atoms with E-state index in [9.17, 15) is 4.39 Å². The first-order valence-electron chi connectivity index (χ1n) is 8.03. The molecule has 5 heteroatoms. The van der Waals surface area contributed by atoms with E-state index in [4.69, 9.17) is 4.74 Å². The van der Waals surface area contributed by atoms with Crippen molar-refractivity contribution in [2.45, 2.75) is 38.9 Å². The molecule has 1 aliphatic carbocycles. The molecule has 124 valence electrons. The second-order valence-electron chi connectivity index (χ2n) is 6.64. The predicted octanol–water partition coefficient (Wildman–Crippen LogP) is 5.71. The van der Waals surface area contributed by atoms with Gasteiger partial charge in [0.15, 0.2) is 0 Å². The van der Waals surface area contributed by atoms with Gasteiger partial charge in [0.1, 0.15) is 17.2 Å². The van der Waals surface area contributed by atoms with Crippen molar-refractivity contribution in [1.82, 2.24) is 9.78 Å². The Hall–Kier alpha value is -1.88. The predicted molar refractivity (Wildman–Crippen MR) is 96.5 cm³/mol. The van der Waals surface area contributed by atoms with Crippen LogP contribution in [0.5, 0.6) is 11.5 Å². The Morgan fingerprint density at radius 1 is 1.25 bits per heavy atom. The van der Waals surface area contributed by atoms with Crippen LogP contribution < -0.4 is 4.74 Å². The average molecular weight is 389 g/mol. The molecule has 3 nitrogen and oxygen atoms in total. The maximum atomic E-state index is 14.0. The van der Waals surface area contributed by atoms with Crippen molar-refractivity contribution in [2.24, 2.45) is 0 Å². The van der Waals surface area contributed by atoms with E-state index in [0.717, 1.165) is 38.0 Å². The Balaban J connectivity index is 1.69. The fourth-order valence-corrected chi connectivity index (χ4v) is 3.30. The molecular weight excluding hydrogens is 371 g/mol. The summed E-state index contributed by atoms with van der Waals surface area (Å²) in [7, 11) is 0. The molecule has 1 aromatic heterocycles. The first-order chi connectivity index (χ1) is 11.4. The molecule has 1 aliphatic rings. The number of fused-ring (bicyclic) bond motifs is 1. The standard InChI is InChI=1S/C19H18BrFN2O/c1-12-4-3-5-13(2)18(12)24-17-8-14-10-23(11-19(21)6-7-19)22-16(14)9-15(17)20/h3-5,8-10H,6-7,11H2,1-2H3. The zero-order chi connectivity index (χ0) is 16.9. The Morgan fingerprint density at radius 3 is 2.62 bits per heavy atom. The number of halogens is 2. The van der Waals surface area contributed by atoms with E-state index < -0.39 is 5.67 Å². The number of hydrogen-bond acceptors (Lipinski definition) is 2. The summed E-state index contributed by atoms with van der Waals surface area (Å²) in [5.41, 5.74) is 1.95. The van der Waals surface area contributed by atoms with Crippen molar-refractivity contribution in [3.8, 4) is 11.5 Å². The highest BCUT2D eigenvalue weighted by Crippen LogP contribution is 2.41. The summed E-state index contributed by atoms with van der Waals surface area (Å²) in [6.45, 7) is 4.39. The van der Waals surface area contributed by atoms with Gasteiger partial charge >= 0.3 is 0 Å². The average Bonchev–Trinajstić information content (AvgIpc) is 3.11. The minimum atomic E-state index is -1.06. The summed E-state index contributed by atoms with van der Waals surface area (Å²) in [4.78, 5) is 0. The third-order valence-corrected chi connectivity index (χ3v) is 5.08. The van der Waals surface area contributed by atoms with Crippen molar-refractivity contribution in [3.05, 3.63) is 52.1 Å². The van der Waals surface area contributed by atoms with Gasteiger partial charge in [-0.05, 0) is 65.9 Å². The van der Waals surface area contributed by atoms with Crippen molar-refractivity contribution in [1.29, 1.82) is 0 Å². The van der Waals surface area contributed by atoms with Gasteiger partial charge in [-0.25, -0.2) is 4.39 Å². The SMILES string of the molecule is Cc1cccc(C)c1Oc1cc2cn(CC3(F)CC3)nc2cc1Br. The number of nitrogens with zero attached hydrogens (tertiary/aromatic N) is 2. The highest BCUT2D eigenvalue weighted by Gasteiger charge is 2.43. The first-order valence-corrected chi connectivity index (χ1v) is 8.83. The Kier molecular flexibility index (Phi) is 3.64. The molecule has 3 aromatic rings. The van der Waals surface area contributed by atoms with Crippen molar-refractivity contribution >= 4 is 26.8 Å². The summed E-state index contributed by atoms with van der Waals surface area (Å²) in [5, 5.41) is 5.42. The third kappa shape index (κ3) is 2.93. The molecule has 0 spiro atoms. The summed E-state index contributed by atoms with van der Waals surface area (Å²) < 4.78 is 22.6. The highest BCUT2D eigenvalue weighted by atomic mass is 79.9. The molecule has 0 radical (unpaired) electrons. The Morgan fingerprint density at radius 2 is 1.96 bits per heavy atom. The second-order valence-corrected chi connectivity index (χ2v) is 7.50. The molecule has 24 heavy (non-hydrogen) atoms. The minimum absolute atomic E-state index is 0.326. The third-order valence-electron chi connectivity index (χ3n) is 4.46. The maximum absolute atomic E-state index is 14.0. The highest BCUT2D eigenvalue weighted by molar-refractivity contribution is 9.10. The van der Waals surface area contributed by atoms with E-state index in [1.807, 2.05) is 50.4 Å². The second kappa shape index (κ2) is 5.59. The number of ether oxygens (including phenoxy) is 1. The number of rotatable bonds is 4. The van der Waals surface area contributed by atoms with E-state index >= 15 is 0 Å². The zero-order valence-corrected chi connectivity index (χ0v) is 15.2. The molecule has 0 bridgehead atoms. The summed E-state index contributed by atoms with van der Waals surface area (Å²) >= 11 is 3.56. The lowest BCUT2D eigenvalue weighted by atomic mass is 10.1. The van der Waals surface area contributed by atoms with Crippen molar-refractivity contribution < 1.29 is 9.13 Å².